The number of hydrogen-bond acceptors (Lipinski definition) is 2. The van der Waals surface area contributed by atoms with Crippen LogP contribution < -0.4 is 10.5 Å². The van der Waals surface area contributed by atoms with Crippen molar-refractivity contribution in [1.82, 2.24) is 0 Å². The van der Waals surface area contributed by atoms with Crippen LogP contribution >= 0.6 is 0 Å². The van der Waals surface area contributed by atoms with Crippen LogP contribution in [0.25, 0.3) is 0 Å². The maximum absolute atomic E-state index is 13.1. The number of nitrogen functional groups attached to an aromatic ring is 1. The first-order chi connectivity index (χ1) is 9.19. The Kier molecular flexibility index (Phi) is 4.39. The first-order valence-electron chi connectivity index (χ1n) is 6.44. The lowest BCUT2D eigenvalue weighted by Crippen LogP contribution is -2.00. The predicted molar refractivity (Wildman–Crippen MR) is 75.6 cm³/mol. The minimum Gasteiger partial charge on any atom is -0.489 e. The molecule has 0 aromatic heterocycles. The van der Waals surface area contributed by atoms with E-state index in [1.807, 2.05) is 24.3 Å². The molecule has 0 spiro atoms. The fourth-order valence-electron chi connectivity index (χ4n) is 1.99. The van der Waals surface area contributed by atoms with E-state index < -0.39 is 0 Å². The average Bonchev–Trinajstić information content (AvgIpc) is 2.38. The van der Waals surface area contributed by atoms with Gasteiger partial charge in [-0.05, 0) is 47.9 Å². The fourth-order valence-corrected chi connectivity index (χ4v) is 1.99. The fraction of sp³-hybridized carbons (Fsp3) is 0.250. The monoisotopic (exact) mass is 259 g/mol. The van der Waals surface area contributed by atoms with E-state index in [4.69, 9.17) is 10.5 Å². The van der Waals surface area contributed by atoms with E-state index >= 15 is 0 Å². The third kappa shape index (κ3) is 3.71. The minimum atomic E-state index is -0.243. The molecule has 3 heteroatoms. The van der Waals surface area contributed by atoms with Gasteiger partial charge in [0.1, 0.15) is 18.2 Å². The zero-order chi connectivity index (χ0) is 13.7. The third-order valence-corrected chi connectivity index (χ3v) is 2.89. The molecule has 2 rings (SSSR count). The second kappa shape index (κ2) is 6.23. The van der Waals surface area contributed by atoms with Gasteiger partial charge in [0.2, 0.25) is 0 Å². The van der Waals surface area contributed by atoms with Crippen LogP contribution in [-0.2, 0) is 13.0 Å². The van der Waals surface area contributed by atoms with Gasteiger partial charge in [0.15, 0.2) is 0 Å². The van der Waals surface area contributed by atoms with Crippen LogP contribution in [0, 0.1) is 5.82 Å². The Labute approximate surface area is 113 Å². The van der Waals surface area contributed by atoms with Gasteiger partial charge in [-0.3, -0.25) is 0 Å². The molecule has 0 amide bonds. The summed E-state index contributed by atoms with van der Waals surface area (Å²) >= 11 is 0. The number of nitrogens with two attached hydrogens (primary N) is 1. The summed E-state index contributed by atoms with van der Waals surface area (Å²) in [5, 5.41) is 0. The van der Waals surface area contributed by atoms with E-state index in [9.17, 15) is 4.39 Å². The highest BCUT2D eigenvalue weighted by Crippen LogP contribution is 2.24. The summed E-state index contributed by atoms with van der Waals surface area (Å²) in [6.45, 7) is 2.47. The lowest BCUT2D eigenvalue weighted by atomic mass is 10.1. The van der Waals surface area contributed by atoms with E-state index in [0.717, 1.165) is 35.4 Å². The van der Waals surface area contributed by atoms with Crippen molar-refractivity contribution < 1.29 is 9.13 Å². The Morgan fingerprint density at radius 3 is 2.74 bits per heavy atom. The van der Waals surface area contributed by atoms with Gasteiger partial charge in [-0.1, -0.05) is 25.5 Å². The Balaban J connectivity index is 2.10. The highest BCUT2D eigenvalue weighted by atomic mass is 19.1. The molecule has 19 heavy (non-hydrogen) atoms. The van der Waals surface area contributed by atoms with Crippen molar-refractivity contribution in [2.24, 2.45) is 0 Å². The highest BCUT2D eigenvalue weighted by Gasteiger charge is 2.04. The number of benzene rings is 2. The highest BCUT2D eigenvalue weighted by molar-refractivity contribution is 5.48. The molecule has 2 nitrogen and oxygen atoms in total. The smallest absolute Gasteiger partial charge is 0.123 e. The molecule has 0 atom stereocenters. The van der Waals surface area contributed by atoms with Gasteiger partial charge < -0.3 is 10.5 Å². The molecule has 0 radical (unpaired) electrons. The Hall–Kier alpha value is -2.03. The minimum absolute atomic E-state index is 0.243. The normalized spacial score (nSPS) is 10.4. The predicted octanol–water partition coefficient (Wildman–Crippen LogP) is 3.94. The van der Waals surface area contributed by atoms with Crippen LogP contribution in [0.3, 0.4) is 0 Å². The summed E-state index contributed by atoms with van der Waals surface area (Å²) in [5.74, 6) is 0.576. The second-order valence-electron chi connectivity index (χ2n) is 4.54. The zero-order valence-electron chi connectivity index (χ0n) is 11.0. The summed E-state index contributed by atoms with van der Waals surface area (Å²) in [6.07, 6.45) is 1.95. The molecular weight excluding hydrogens is 241 g/mol. The van der Waals surface area contributed by atoms with Gasteiger partial charge in [0.05, 0.1) is 0 Å². The molecule has 0 saturated carbocycles. The van der Waals surface area contributed by atoms with E-state index in [0.29, 0.717) is 6.61 Å². The lowest BCUT2D eigenvalue weighted by Gasteiger charge is -2.12. The van der Waals surface area contributed by atoms with Gasteiger partial charge in [-0.25, -0.2) is 4.39 Å². The van der Waals surface area contributed by atoms with Crippen LogP contribution in [-0.4, -0.2) is 0 Å². The third-order valence-electron chi connectivity index (χ3n) is 2.89. The maximum Gasteiger partial charge on any atom is 0.123 e. The van der Waals surface area contributed by atoms with E-state index in [-0.39, 0.29) is 5.82 Å². The summed E-state index contributed by atoms with van der Waals surface area (Å²) in [5.41, 5.74) is 8.43. The summed E-state index contributed by atoms with van der Waals surface area (Å²) in [4.78, 5) is 0. The molecule has 0 aliphatic heterocycles. The van der Waals surface area contributed by atoms with Crippen molar-refractivity contribution in [2.45, 2.75) is 26.4 Å². The molecule has 100 valence electrons. The standard InChI is InChI=1S/C16H18FNO/c1-2-4-13-10-15(18)7-8-16(13)19-11-12-5-3-6-14(17)9-12/h3,5-10H,2,4,11,18H2,1H3. The lowest BCUT2D eigenvalue weighted by molar-refractivity contribution is 0.302. The molecule has 0 bridgehead atoms. The molecular formula is C16H18FNO. The van der Waals surface area contributed by atoms with Gasteiger partial charge in [-0.15, -0.1) is 0 Å². The van der Waals surface area contributed by atoms with Crippen molar-refractivity contribution in [1.29, 1.82) is 0 Å². The van der Waals surface area contributed by atoms with Crippen molar-refractivity contribution in [3.63, 3.8) is 0 Å². The molecule has 0 heterocycles. The van der Waals surface area contributed by atoms with Crippen molar-refractivity contribution in [2.75, 3.05) is 5.73 Å². The molecule has 0 saturated heterocycles. The Morgan fingerprint density at radius 1 is 1.16 bits per heavy atom. The molecule has 2 aromatic carbocycles. The molecule has 2 N–H and O–H groups in total. The Morgan fingerprint density at radius 2 is 2.00 bits per heavy atom. The number of halogens is 1. The van der Waals surface area contributed by atoms with Gasteiger partial charge in [0, 0.05) is 5.69 Å². The van der Waals surface area contributed by atoms with Crippen LogP contribution in [0.1, 0.15) is 24.5 Å². The summed E-state index contributed by atoms with van der Waals surface area (Å²) in [7, 11) is 0. The number of ether oxygens (including phenoxy) is 1. The molecule has 2 aromatic rings. The zero-order valence-corrected chi connectivity index (χ0v) is 11.0. The number of aryl methyl sites for hydroxylation is 1. The topological polar surface area (TPSA) is 35.2 Å². The van der Waals surface area contributed by atoms with Crippen molar-refractivity contribution in [3.8, 4) is 5.75 Å². The first kappa shape index (κ1) is 13.4. The summed E-state index contributed by atoms with van der Waals surface area (Å²) < 4.78 is 18.8. The number of hydrogen-bond donors (Lipinski definition) is 1. The van der Waals surface area contributed by atoms with Crippen molar-refractivity contribution in [3.05, 3.63) is 59.4 Å². The van der Waals surface area contributed by atoms with Gasteiger partial charge in [0.25, 0.3) is 0 Å². The summed E-state index contributed by atoms with van der Waals surface area (Å²) in [6, 6.07) is 12.1. The van der Waals surface area contributed by atoms with E-state index in [2.05, 4.69) is 6.92 Å². The van der Waals surface area contributed by atoms with Gasteiger partial charge >= 0.3 is 0 Å². The van der Waals surface area contributed by atoms with Crippen LogP contribution in [0.2, 0.25) is 0 Å². The maximum atomic E-state index is 13.1. The van der Waals surface area contributed by atoms with Crippen molar-refractivity contribution >= 4 is 5.69 Å². The first-order valence-corrected chi connectivity index (χ1v) is 6.44. The largest absolute Gasteiger partial charge is 0.489 e. The van der Waals surface area contributed by atoms with Crippen LogP contribution in [0.4, 0.5) is 10.1 Å². The average molecular weight is 259 g/mol. The van der Waals surface area contributed by atoms with E-state index in [1.165, 1.54) is 12.1 Å². The van der Waals surface area contributed by atoms with Crippen LogP contribution in [0.15, 0.2) is 42.5 Å². The SMILES string of the molecule is CCCc1cc(N)ccc1OCc1cccc(F)c1. The Bertz CT molecular complexity index is 554. The van der Waals surface area contributed by atoms with E-state index in [1.54, 1.807) is 6.07 Å². The number of rotatable bonds is 5. The molecule has 0 aliphatic carbocycles. The molecule has 0 unspecified atom stereocenters. The van der Waals surface area contributed by atoms with Gasteiger partial charge in [-0.2, -0.15) is 0 Å². The molecule has 0 aliphatic rings. The number of anilines is 1. The molecule has 0 fully saturated rings. The quantitative estimate of drug-likeness (QED) is 0.825. The van der Waals surface area contributed by atoms with Crippen LogP contribution in [0.5, 0.6) is 5.75 Å². The second-order valence-corrected chi connectivity index (χ2v) is 4.54.